The van der Waals surface area contributed by atoms with Crippen molar-refractivity contribution >= 4 is 23.2 Å². The van der Waals surface area contributed by atoms with Crippen molar-refractivity contribution in [3.63, 3.8) is 0 Å². The van der Waals surface area contributed by atoms with Crippen LogP contribution < -0.4 is 0 Å². The van der Waals surface area contributed by atoms with Crippen molar-refractivity contribution in [2.75, 3.05) is 20.3 Å². The number of methoxy groups -OCH3 is 1. The zero-order chi connectivity index (χ0) is 20.1. The highest BCUT2D eigenvalue weighted by Gasteiger charge is 2.21. The van der Waals surface area contributed by atoms with Crippen molar-refractivity contribution in [1.82, 2.24) is 14.9 Å². The first kappa shape index (κ1) is 19.7. The molecule has 1 amide bonds. The van der Waals surface area contributed by atoms with Gasteiger partial charge in [-0.25, -0.2) is 19.2 Å². The molecule has 0 atom stereocenters. The molecule has 3 rings (SSSR count). The first-order chi connectivity index (χ1) is 13.5. The minimum atomic E-state index is -0.695. The Bertz CT molecular complexity index is 971. The number of oxazole rings is 1. The Morgan fingerprint density at radius 3 is 2.68 bits per heavy atom. The molecule has 0 saturated heterocycles. The molecule has 2 aromatic heterocycles. The number of amides is 1. The number of carbonyl (C=O) groups is 2. The van der Waals surface area contributed by atoms with Gasteiger partial charge >= 0.3 is 5.97 Å². The number of nitrogens with zero attached hydrogens (tertiary/aromatic N) is 3. The Morgan fingerprint density at radius 2 is 2.07 bits per heavy atom. The summed E-state index contributed by atoms with van der Waals surface area (Å²) in [6.45, 7) is 1.25. The molecule has 0 aliphatic carbocycles. The Hall–Kier alpha value is -3.07. The molecule has 0 unspecified atom stereocenters. The molecule has 0 N–H and O–H groups in total. The lowest BCUT2D eigenvalue weighted by atomic mass is 10.0. The summed E-state index contributed by atoms with van der Waals surface area (Å²) in [6.07, 6.45) is 2.85. The Labute approximate surface area is 164 Å². The summed E-state index contributed by atoms with van der Waals surface area (Å²) in [7, 11) is 1.25. The van der Waals surface area contributed by atoms with Crippen LogP contribution in [-0.4, -0.2) is 47.1 Å². The van der Waals surface area contributed by atoms with E-state index in [0.717, 1.165) is 5.69 Å². The molecule has 0 fully saturated rings. The highest BCUT2D eigenvalue weighted by molar-refractivity contribution is 7.09. The van der Waals surface area contributed by atoms with E-state index in [-0.39, 0.29) is 30.1 Å². The molecule has 7 nitrogen and oxygen atoms in total. The van der Waals surface area contributed by atoms with Crippen LogP contribution in [0.2, 0.25) is 0 Å². The van der Waals surface area contributed by atoms with Crippen LogP contribution in [0.1, 0.15) is 31.4 Å². The summed E-state index contributed by atoms with van der Waals surface area (Å²) in [5.74, 6) is -0.772. The second-order valence-electron chi connectivity index (χ2n) is 5.93. The number of rotatable bonds is 7. The Kier molecular flexibility index (Phi) is 6.15. The monoisotopic (exact) mass is 403 g/mol. The minimum Gasteiger partial charge on any atom is -0.465 e. The lowest BCUT2D eigenvalue weighted by Crippen LogP contribution is -2.32. The van der Waals surface area contributed by atoms with Gasteiger partial charge in [0.1, 0.15) is 17.9 Å². The van der Waals surface area contributed by atoms with Crippen LogP contribution in [0.4, 0.5) is 4.39 Å². The van der Waals surface area contributed by atoms with Crippen LogP contribution in [0.5, 0.6) is 0 Å². The highest BCUT2D eigenvalue weighted by Crippen LogP contribution is 2.23. The maximum Gasteiger partial charge on any atom is 0.337 e. The maximum atomic E-state index is 13.1. The van der Waals surface area contributed by atoms with Crippen molar-refractivity contribution in [2.45, 2.75) is 13.5 Å². The average molecular weight is 403 g/mol. The first-order valence-corrected chi connectivity index (χ1v) is 9.29. The van der Waals surface area contributed by atoms with E-state index in [1.807, 2.05) is 12.3 Å². The lowest BCUT2D eigenvalue weighted by Gasteiger charge is -2.21. The average Bonchev–Trinajstić information content (AvgIpc) is 3.38. The molecule has 0 spiro atoms. The third-order valence-corrected chi connectivity index (χ3v) is 4.87. The van der Waals surface area contributed by atoms with Crippen LogP contribution in [0.15, 0.2) is 40.5 Å². The smallest absolute Gasteiger partial charge is 0.337 e. The van der Waals surface area contributed by atoms with E-state index in [0.29, 0.717) is 10.6 Å². The van der Waals surface area contributed by atoms with Gasteiger partial charge in [-0.1, -0.05) is 0 Å². The molecule has 0 saturated carbocycles. The van der Waals surface area contributed by atoms with Crippen molar-refractivity contribution in [2.24, 2.45) is 0 Å². The topological polar surface area (TPSA) is 85.5 Å². The van der Waals surface area contributed by atoms with E-state index < -0.39 is 18.6 Å². The van der Waals surface area contributed by atoms with Gasteiger partial charge in [0.15, 0.2) is 0 Å². The van der Waals surface area contributed by atoms with E-state index in [2.05, 4.69) is 9.97 Å². The summed E-state index contributed by atoms with van der Waals surface area (Å²) >= 11 is 1.40. The number of alkyl halides is 1. The van der Waals surface area contributed by atoms with Gasteiger partial charge in [0.25, 0.3) is 5.91 Å². The second kappa shape index (κ2) is 8.75. The molecule has 0 aliphatic rings. The number of carbonyl (C=O) groups excluding carboxylic acids is 2. The predicted molar refractivity (Wildman–Crippen MR) is 101 cm³/mol. The fraction of sp³-hybridized carbons (Fsp3) is 0.263. The summed E-state index contributed by atoms with van der Waals surface area (Å²) < 4.78 is 23.1. The van der Waals surface area contributed by atoms with Crippen LogP contribution in [0.3, 0.4) is 0 Å². The van der Waals surface area contributed by atoms with E-state index in [4.69, 9.17) is 9.15 Å². The van der Waals surface area contributed by atoms with E-state index in [1.54, 1.807) is 6.07 Å². The van der Waals surface area contributed by atoms with Gasteiger partial charge in [-0.3, -0.25) is 4.79 Å². The third-order valence-electron chi connectivity index (χ3n) is 3.91. The van der Waals surface area contributed by atoms with Crippen molar-refractivity contribution in [3.05, 3.63) is 57.9 Å². The maximum absolute atomic E-state index is 13.1. The quantitative estimate of drug-likeness (QED) is 0.561. The standard InChI is InChI=1S/C19H18FN3O4S/c1-12-11-28-16(22-12)10-23(5-3-20)18(24)14-7-13(17-21-4-6-27-17)8-15(9-14)19(25)26-2/h4,6-9,11H,3,5,10H2,1-2H3. The number of benzene rings is 1. The van der Waals surface area contributed by atoms with E-state index >= 15 is 0 Å². The van der Waals surface area contributed by atoms with E-state index in [1.165, 1.54) is 47.9 Å². The largest absolute Gasteiger partial charge is 0.465 e. The molecular formula is C19H18FN3O4S. The number of hydrogen-bond donors (Lipinski definition) is 0. The fourth-order valence-electron chi connectivity index (χ4n) is 2.65. The van der Waals surface area contributed by atoms with Gasteiger partial charge in [0.2, 0.25) is 5.89 Å². The molecule has 9 heteroatoms. The van der Waals surface area contributed by atoms with Crippen molar-refractivity contribution < 1.29 is 23.1 Å². The normalized spacial score (nSPS) is 10.7. The molecule has 0 bridgehead atoms. The molecule has 1 aromatic carbocycles. The number of aryl methyl sites for hydroxylation is 1. The van der Waals surface area contributed by atoms with Gasteiger partial charge < -0.3 is 14.1 Å². The van der Waals surface area contributed by atoms with Gasteiger partial charge in [-0.15, -0.1) is 11.3 Å². The van der Waals surface area contributed by atoms with E-state index in [9.17, 15) is 14.0 Å². The van der Waals surface area contributed by atoms with Crippen LogP contribution in [0.25, 0.3) is 11.5 Å². The van der Waals surface area contributed by atoms with Gasteiger partial charge in [0, 0.05) is 28.7 Å². The predicted octanol–water partition coefficient (Wildman–Crippen LogP) is 3.51. The zero-order valence-corrected chi connectivity index (χ0v) is 16.2. The SMILES string of the molecule is COC(=O)c1cc(C(=O)N(CCF)Cc2nc(C)cs2)cc(-c2ncco2)c1. The number of esters is 1. The third kappa shape index (κ3) is 4.42. The number of hydrogen-bond acceptors (Lipinski definition) is 7. The van der Waals surface area contributed by atoms with Crippen molar-refractivity contribution in [3.8, 4) is 11.5 Å². The number of halogens is 1. The zero-order valence-electron chi connectivity index (χ0n) is 15.3. The van der Waals surface area contributed by atoms with Crippen LogP contribution >= 0.6 is 11.3 Å². The number of ether oxygens (including phenoxy) is 1. The summed E-state index contributed by atoms with van der Waals surface area (Å²) in [6, 6.07) is 4.50. The van der Waals surface area contributed by atoms with Gasteiger partial charge in [0.05, 0.1) is 25.4 Å². The summed E-state index contributed by atoms with van der Waals surface area (Å²) in [5.41, 5.74) is 1.66. The molecule has 0 radical (unpaired) electrons. The fourth-order valence-corrected chi connectivity index (χ4v) is 3.44. The van der Waals surface area contributed by atoms with Crippen LogP contribution in [0, 0.1) is 6.92 Å². The lowest BCUT2D eigenvalue weighted by molar-refractivity contribution is 0.0600. The van der Waals surface area contributed by atoms with Crippen LogP contribution in [-0.2, 0) is 11.3 Å². The summed E-state index contributed by atoms with van der Waals surface area (Å²) in [4.78, 5) is 34.8. The summed E-state index contributed by atoms with van der Waals surface area (Å²) in [5, 5.41) is 2.57. The molecular weight excluding hydrogens is 385 g/mol. The Balaban J connectivity index is 1.97. The highest BCUT2D eigenvalue weighted by atomic mass is 32.1. The molecule has 28 heavy (non-hydrogen) atoms. The molecule has 2 heterocycles. The first-order valence-electron chi connectivity index (χ1n) is 8.41. The van der Waals surface area contributed by atoms with Gasteiger partial charge in [-0.05, 0) is 25.1 Å². The number of thiazole rings is 1. The Morgan fingerprint density at radius 1 is 1.29 bits per heavy atom. The second-order valence-corrected chi connectivity index (χ2v) is 6.87. The molecule has 146 valence electrons. The molecule has 3 aromatic rings. The van der Waals surface area contributed by atoms with Crippen molar-refractivity contribution in [1.29, 1.82) is 0 Å². The molecule has 0 aliphatic heterocycles. The van der Waals surface area contributed by atoms with Gasteiger partial charge in [-0.2, -0.15) is 0 Å². The minimum absolute atomic E-state index is 0.0890. The number of aromatic nitrogens is 2.